The molecule has 2 aromatic rings. The number of nitrogens with two attached hydrogens (primary N) is 1. The third-order valence-electron chi connectivity index (χ3n) is 9.90. The summed E-state index contributed by atoms with van der Waals surface area (Å²) in [6.45, 7) is 7.74. The lowest BCUT2D eigenvalue weighted by Crippen LogP contribution is -2.56. The number of carbonyl (C=O) groups is 3. The molecule has 240 valence electrons. The number of piperidine rings is 1. The number of aromatic nitrogens is 1. The lowest BCUT2D eigenvalue weighted by atomic mass is 9.62. The summed E-state index contributed by atoms with van der Waals surface area (Å²) >= 11 is 0. The van der Waals surface area contributed by atoms with E-state index in [0.717, 1.165) is 31.5 Å². The maximum absolute atomic E-state index is 14.0. The van der Waals surface area contributed by atoms with Gasteiger partial charge >= 0.3 is 12.1 Å². The van der Waals surface area contributed by atoms with Crippen LogP contribution in [0.4, 0.5) is 19.7 Å². The molecule has 2 saturated heterocycles. The van der Waals surface area contributed by atoms with Gasteiger partial charge in [-0.15, -0.1) is 0 Å². The Labute approximate surface area is 267 Å². The molecule has 2 atom stereocenters. The van der Waals surface area contributed by atoms with Crippen molar-refractivity contribution >= 4 is 39.3 Å². The van der Waals surface area contributed by atoms with Crippen molar-refractivity contribution in [3.05, 3.63) is 59.7 Å². The molecule has 0 bridgehead atoms. The van der Waals surface area contributed by atoms with E-state index in [4.69, 9.17) is 10.5 Å². The average molecular weight is 618 g/mol. The molecule has 2 unspecified atom stereocenters. The summed E-state index contributed by atoms with van der Waals surface area (Å²) in [6, 6.07) is 8.55. The Morgan fingerprint density at radius 2 is 1.80 bits per heavy atom. The highest BCUT2D eigenvalue weighted by Gasteiger charge is 2.60. The summed E-state index contributed by atoms with van der Waals surface area (Å²) in [5.41, 5.74) is 6.70. The fourth-order valence-electron chi connectivity index (χ4n) is 7.05. The predicted molar refractivity (Wildman–Crippen MR) is 176 cm³/mol. The maximum Gasteiger partial charge on any atom is 0.410 e. The number of anilines is 1. The SMILES string of the molecule is BC1(B)C(C(=O)CCC(C)(C)OC(=O)N2CCN(C3CCN(C(=O)NCc4ccc(N)cc4F)CC3)CC2)C1c1cccnc1. The number of carbonyl (C=O) groups excluding carboxylic acids is 3. The minimum atomic E-state index is -0.750. The molecule has 2 aliphatic heterocycles. The number of rotatable bonds is 9. The van der Waals surface area contributed by atoms with Crippen molar-refractivity contribution in [1.82, 2.24) is 25.0 Å². The first kappa shape index (κ1) is 32.8. The van der Waals surface area contributed by atoms with Gasteiger partial charge in [0.05, 0.1) is 0 Å². The van der Waals surface area contributed by atoms with Gasteiger partial charge in [0.25, 0.3) is 0 Å². The van der Waals surface area contributed by atoms with Crippen LogP contribution in [-0.4, -0.2) is 104 Å². The Morgan fingerprint density at radius 1 is 1.09 bits per heavy atom. The van der Waals surface area contributed by atoms with Crippen LogP contribution in [-0.2, 0) is 16.1 Å². The molecule has 1 aliphatic carbocycles. The predicted octanol–water partition coefficient (Wildman–Crippen LogP) is 2.16. The van der Waals surface area contributed by atoms with E-state index in [0.29, 0.717) is 56.3 Å². The van der Waals surface area contributed by atoms with Crippen LogP contribution in [0.25, 0.3) is 0 Å². The second-order valence-corrected chi connectivity index (χ2v) is 13.9. The van der Waals surface area contributed by atoms with E-state index in [2.05, 4.69) is 30.9 Å². The molecule has 0 radical (unpaired) electrons. The molecular formula is C32H45B2FN6O4. The molecule has 3 fully saturated rings. The Hall–Kier alpha value is -3.60. The Morgan fingerprint density at radius 3 is 2.44 bits per heavy atom. The molecule has 1 aromatic heterocycles. The monoisotopic (exact) mass is 618 g/mol. The van der Waals surface area contributed by atoms with Crippen molar-refractivity contribution in [3.63, 3.8) is 0 Å². The molecule has 3 amide bonds. The number of nitrogens with zero attached hydrogens (tertiary/aromatic N) is 4. The minimum absolute atomic E-state index is 0.0401. The molecule has 3 heterocycles. The third kappa shape index (κ3) is 7.80. The van der Waals surface area contributed by atoms with Gasteiger partial charge in [-0.1, -0.05) is 17.3 Å². The van der Waals surface area contributed by atoms with Crippen molar-refractivity contribution in [1.29, 1.82) is 0 Å². The Kier molecular flexibility index (Phi) is 9.77. The molecule has 10 nitrogen and oxygen atoms in total. The molecule has 5 rings (SSSR count). The van der Waals surface area contributed by atoms with Gasteiger partial charge in [0, 0.05) is 87.8 Å². The van der Waals surface area contributed by atoms with Crippen molar-refractivity contribution in [2.24, 2.45) is 5.92 Å². The lowest BCUT2D eigenvalue weighted by Gasteiger charge is -2.42. The number of hydrogen-bond acceptors (Lipinski definition) is 7. The topological polar surface area (TPSA) is 121 Å². The minimum Gasteiger partial charge on any atom is -0.443 e. The molecular weight excluding hydrogens is 573 g/mol. The van der Waals surface area contributed by atoms with Crippen LogP contribution >= 0.6 is 0 Å². The Bertz CT molecular complexity index is 1380. The van der Waals surface area contributed by atoms with Gasteiger partial charge < -0.3 is 25.6 Å². The number of benzene rings is 1. The van der Waals surface area contributed by atoms with Gasteiger partial charge in [0.2, 0.25) is 0 Å². The summed E-state index contributed by atoms with van der Waals surface area (Å²) in [6.07, 6.45) is 5.79. The maximum atomic E-state index is 14.0. The molecule has 13 heteroatoms. The summed E-state index contributed by atoms with van der Waals surface area (Å²) in [5, 5.41) is 2.71. The number of pyridine rings is 1. The number of nitrogens with one attached hydrogen (secondary N) is 1. The quantitative estimate of drug-likeness (QED) is 0.327. The number of urea groups is 1. The molecule has 1 aromatic carbocycles. The zero-order valence-electron chi connectivity index (χ0n) is 26.9. The smallest absolute Gasteiger partial charge is 0.410 e. The van der Waals surface area contributed by atoms with Crippen molar-refractivity contribution in [3.8, 4) is 0 Å². The van der Waals surface area contributed by atoms with Crippen LogP contribution in [0.15, 0.2) is 42.7 Å². The molecule has 3 aliphatic rings. The van der Waals surface area contributed by atoms with E-state index in [1.54, 1.807) is 28.1 Å². The van der Waals surface area contributed by atoms with Gasteiger partial charge in [0.1, 0.15) is 32.9 Å². The van der Waals surface area contributed by atoms with Gasteiger partial charge in [-0.3, -0.25) is 14.7 Å². The summed E-state index contributed by atoms with van der Waals surface area (Å²) in [4.78, 5) is 49.0. The van der Waals surface area contributed by atoms with Gasteiger partial charge in [-0.25, -0.2) is 14.0 Å². The highest BCUT2D eigenvalue weighted by Crippen LogP contribution is 2.67. The highest BCUT2D eigenvalue weighted by atomic mass is 19.1. The number of halogens is 1. The largest absolute Gasteiger partial charge is 0.443 e. The van der Waals surface area contributed by atoms with Gasteiger partial charge in [0.15, 0.2) is 0 Å². The van der Waals surface area contributed by atoms with E-state index in [9.17, 15) is 18.8 Å². The molecule has 45 heavy (non-hydrogen) atoms. The highest BCUT2D eigenvalue weighted by molar-refractivity contribution is 6.45. The van der Waals surface area contributed by atoms with E-state index in [1.807, 2.05) is 32.2 Å². The fourth-order valence-corrected chi connectivity index (χ4v) is 7.05. The van der Waals surface area contributed by atoms with Crippen molar-refractivity contribution in [2.75, 3.05) is 45.0 Å². The first-order valence-corrected chi connectivity index (χ1v) is 16.1. The standard InChI is InChI=1S/C32H45B2FN6O4/c1-31(2,10-7-26(42)28-27(32(28,33)34)22-4-3-11-37-19-22)45-30(44)41-16-14-39(15-17-41)24-8-12-40(13-9-24)29(43)38-20-21-5-6-23(36)18-25(21)35/h3-6,11,18-19,24,27-28H,7-10,12-17,20,33-34,36H2,1-2H3,(H,38,43). The third-order valence-corrected chi connectivity index (χ3v) is 9.90. The second-order valence-electron chi connectivity index (χ2n) is 13.9. The number of ketones is 1. The normalized spacial score (nSPS) is 22.1. The van der Waals surface area contributed by atoms with Crippen LogP contribution in [0.2, 0.25) is 5.21 Å². The van der Waals surface area contributed by atoms with Crippen LogP contribution in [0.5, 0.6) is 0 Å². The zero-order valence-corrected chi connectivity index (χ0v) is 26.9. The van der Waals surface area contributed by atoms with Crippen LogP contribution < -0.4 is 11.1 Å². The van der Waals surface area contributed by atoms with E-state index in [-0.39, 0.29) is 41.5 Å². The van der Waals surface area contributed by atoms with Crippen LogP contribution in [0.3, 0.4) is 0 Å². The van der Waals surface area contributed by atoms with E-state index < -0.39 is 11.4 Å². The average Bonchev–Trinajstić information content (AvgIpc) is 3.61. The zero-order chi connectivity index (χ0) is 32.4. The number of ether oxygens (including phenoxy) is 1. The summed E-state index contributed by atoms with van der Waals surface area (Å²) in [7, 11) is 4.26. The summed E-state index contributed by atoms with van der Waals surface area (Å²) in [5.74, 6) is -0.0763. The van der Waals surface area contributed by atoms with Crippen LogP contribution in [0.1, 0.15) is 56.6 Å². The number of amides is 3. The van der Waals surface area contributed by atoms with Crippen molar-refractivity contribution < 1.29 is 23.5 Å². The fraction of sp³-hybridized carbons (Fsp3) is 0.562. The molecule has 0 spiro atoms. The second kappa shape index (κ2) is 13.4. The van der Waals surface area contributed by atoms with Gasteiger partial charge in [-0.2, -0.15) is 0 Å². The first-order valence-electron chi connectivity index (χ1n) is 16.1. The Balaban J connectivity index is 1.00. The van der Waals surface area contributed by atoms with E-state index in [1.165, 1.54) is 6.07 Å². The number of Topliss-reactive ketones (excluding diaryl/α,β-unsaturated/α-hetero) is 1. The summed E-state index contributed by atoms with van der Waals surface area (Å²) < 4.78 is 19.9. The number of nitrogen functional groups attached to an aromatic ring is 1. The first-order chi connectivity index (χ1) is 21.4. The number of piperazine rings is 1. The number of likely N-dealkylation sites (tertiary alicyclic amines) is 1. The molecule has 3 N–H and O–H groups in total. The molecule has 1 saturated carbocycles. The van der Waals surface area contributed by atoms with Crippen molar-refractivity contribution in [2.45, 2.75) is 68.9 Å². The van der Waals surface area contributed by atoms with E-state index >= 15 is 0 Å². The lowest BCUT2D eigenvalue weighted by molar-refractivity contribution is -0.121. The van der Waals surface area contributed by atoms with Crippen LogP contribution in [0, 0.1) is 11.7 Å². The van der Waals surface area contributed by atoms with Gasteiger partial charge in [-0.05, 0) is 62.8 Å². The number of hydrogen-bond donors (Lipinski definition) is 2.